The third-order valence-electron chi connectivity index (χ3n) is 2.64. The molecule has 4 nitrogen and oxygen atoms in total. The number of ether oxygens (including phenoxy) is 1. The van der Waals surface area contributed by atoms with E-state index >= 15 is 0 Å². The van der Waals surface area contributed by atoms with E-state index in [1.54, 1.807) is 6.07 Å². The number of benzene rings is 1. The number of halogens is 1. The van der Waals surface area contributed by atoms with Crippen LogP contribution in [0.2, 0.25) is 5.02 Å². The van der Waals surface area contributed by atoms with E-state index in [-0.39, 0.29) is 10.9 Å². The summed E-state index contributed by atoms with van der Waals surface area (Å²) < 4.78 is 5.38. The fourth-order valence-corrected chi connectivity index (χ4v) is 1.80. The zero-order valence-corrected chi connectivity index (χ0v) is 9.68. The van der Waals surface area contributed by atoms with Crippen LogP contribution in [0.25, 0.3) is 0 Å². The fourth-order valence-electron chi connectivity index (χ4n) is 1.57. The number of carbonyl (C=O) groups excluding carboxylic acids is 1. The van der Waals surface area contributed by atoms with Gasteiger partial charge in [-0.15, -0.1) is 0 Å². The Kier molecular flexibility index (Phi) is 3.33. The van der Waals surface area contributed by atoms with E-state index in [1.807, 2.05) is 0 Å². The van der Waals surface area contributed by atoms with Crippen molar-refractivity contribution in [3.63, 3.8) is 0 Å². The summed E-state index contributed by atoms with van der Waals surface area (Å²) in [7, 11) is 0. The van der Waals surface area contributed by atoms with Gasteiger partial charge in [0.15, 0.2) is 6.10 Å². The summed E-state index contributed by atoms with van der Waals surface area (Å²) in [5.74, 6) is -0.617. The first-order valence-corrected chi connectivity index (χ1v) is 5.64. The molecule has 0 radical (unpaired) electrons. The van der Waals surface area contributed by atoms with Crippen LogP contribution in [0.15, 0.2) is 18.2 Å². The summed E-state index contributed by atoms with van der Waals surface area (Å²) in [5.41, 5.74) is 0.431. The molecule has 0 bridgehead atoms. The van der Waals surface area contributed by atoms with Gasteiger partial charge in [-0.3, -0.25) is 4.79 Å². The van der Waals surface area contributed by atoms with E-state index in [4.69, 9.17) is 21.4 Å². The molecule has 1 atom stereocenters. The average Bonchev–Trinajstić information content (AvgIpc) is 3.10. The summed E-state index contributed by atoms with van der Waals surface area (Å²) in [6.07, 6.45) is 1.54. The highest BCUT2D eigenvalue weighted by Gasteiger charge is 2.38. The van der Waals surface area contributed by atoms with Gasteiger partial charge in [0.2, 0.25) is 0 Å². The maximum absolute atomic E-state index is 11.0. The lowest BCUT2D eigenvalue weighted by molar-refractivity contribution is -0.146. The van der Waals surface area contributed by atoms with Gasteiger partial charge in [-0.25, -0.2) is 4.79 Å². The van der Waals surface area contributed by atoms with E-state index in [2.05, 4.69) is 0 Å². The van der Waals surface area contributed by atoms with Gasteiger partial charge in [-0.2, -0.15) is 0 Å². The number of hydrogen-bond acceptors (Lipinski definition) is 3. The van der Waals surface area contributed by atoms with Gasteiger partial charge in [0, 0.05) is 11.5 Å². The smallest absolute Gasteiger partial charge is 0.345 e. The highest BCUT2D eigenvalue weighted by molar-refractivity contribution is 6.32. The molecule has 0 aromatic heterocycles. The second-order valence-corrected chi connectivity index (χ2v) is 4.43. The van der Waals surface area contributed by atoms with Crippen molar-refractivity contribution >= 4 is 23.9 Å². The number of aliphatic carboxylic acids is 1. The predicted molar refractivity (Wildman–Crippen MR) is 61.6 cm³/mol. The lowest BCUT2D eigenvalue weighted by Gasteiger charge is -2.15. The Balaban J connectivity index is 2.16. The van der Waals surface area contributed by atoms with Crippen molar-refractivity contribution in [2.75, 3.05) is 0 Å². The van der Waals surface area contributed by atoms with E-state index < -0.39 is 12.1 Å². The molecular formula is C12H11ClO4. The fraction of sp³-hybridized carbons (Fsp3) is 0.333. The summed E-state index contributed by atoms with van der Waals surface area (Å²) in [6.45, 7) is 0. The molecule has 2 rings (SSSR count). The third-order valence-corrected chi connectivity index (χ3v) is 2.93. The first-order chi connectivity index (χ1) is 8.11. The largest absolute Gasteiger partial charge is 0.478 e. The first kappa shape index (κ1) is 11.9. The zero-order chi connectivity index (χ0) is 12.4. The second kappa shape index (κ2) is 4.75. The molecule has 0 spiro atoms. The molecule has 5 heteroatoms. The predicted octanol–water partition coefficient (Wildman–Crippen LogP) is 2.39. The van der Waals surface area contributed by atoms with Crippen molar-refractivity contribution in [2.45, 2.75) is 18.9 Å². The Bertz CT molecular complexity index is 454. The first-order valence-electron chi connectivity index (χ1n) is 5.26. The Morgan fingerprint density at radius 2 is 2.24 bits per heavy atom. The molecule has 1 N–H and O–H groups in total. The van der Waals surface area contributed by atoms with Crippen LogP contribution in [-0.4, -0.2) is 23.5 Å². The highest BCUT2D eigenvalue weighted by Crippen LogP contribution is 2.36. The Hall–Kier alpha value is -1.55. The molecule has 90 valence electrons. The molecule has 0 amide bonds. The summed E-state index contributed by atoms with van der Waals surface area (Å²) in [5, 5.41) is 9.26. The quantitative estimate of drug-likeness (QED) is 0.820. The molecule has 1 fully saturated rings. The van der Waals surface area contributed by atoms with Crippen LogP contribution in [0.1, 0.15) is 23.2 Å². The average molecular weight is 255 g/mol. The Morgan fingerprint density at radius 3 is 2.71 bits per heavy atom. The maximum Gasteiger partial charge on any atom is 0.345 e. The molecule has 0 aliphatic heterocycles. The summed E-state index contributed by atoms with van der Waals surface area (Å²) >= 11 is 5.91. The third kappa shape index (κ3) is 2.77. The van der Waals surface area contributed by atoms with Crippen LogP contribution in [0.4, 0.5) is 0 Å². The molecule has 1 aromatic carbocycles. The monoisotopic (exact) mass is 254 g/mol. The Morgan fingerprint density at radius 1 is 1.53 bits per heavy atom. The summed E-state index contributed by atoms with van der Waals surface area (Å²) in [4.78, 5) is 21.5. The van der Waals surface area contributed by atoms with Crippen LogP contribution in [0, 0.1) is 5.92 Å². The van der Waals surface area contributed by atoms with Gasteiger partial charge in [-0.1, -0.05) is 11.6 Å². The minimum Gasteiger partial charge on any atom is -0.478 e. The van der Waals surface area contributed by atoms with Crippen LogP contribution < -0.4 is 4.74 Å². The van der Waals surface area contributed by atoms with Gasteiger partial charge in [-0.05, 0) is 31.0 Å². The molecule has 1 aliphatic carbocycles. The molecule has 1 aromatic rings. The minimum absolute atomic E-state index is 0.0642. The van der Waals surface area contributed by atoms with E-state index in [1.165, 1.54) is 12.1 Å². The number of rotatable bonds is 5. The topological polar surface area (TPSA) is 63.6 Å². The lowest BCUT2D eigenvalue weighted by atomic mass is 10.2. The van der Waals surface area contributed by atoms with Crippen LogP contribution >= 0.6 is 11.6 Å². The Labute approximate surface area is 103 Å². The van der Waals surface area contributed by atoms with E-state index in [0.717, 1.165) is 12.8 Å². The normalized spacial score (nSPS) is 16.3. The van der Waals surface area contributed by atoms with Crippen molar-refractivity contribution in [3.05, 3.63) is 28.8 Å². The van der Waals surface area contributed by atoms with Crippen LogP contribution in [-0.2, 0) is 4.79 Å². The molecular weight excluding hydrogens is 244 g/mol. The number of carboxylic acids is 1. The standard InChI is InChI=1S/C12H11ClO4/c13-9-5-7(6-14)1-4-10(9)17-11(12(15)16)8-2-3-8/h1,4-6,8,11H,2-3H2,(H,15,16). The van der Waals surface area contributed by atoms with E-state index in [0.29, 0.717) is 17.6 Å². The molecule has 17 heavy (non-hydrogen) atoms. The number of carbonyl (C=O) groups is 2. The van der Waals surface area contributed by atoms with Crippen molar-refractivity contribution in [1.82, 2.24) is 0 Å². The van der Waals surface area contributed by atoms with Gasteiger partial charge in [0.05, 0.1) is 5.02 Å². The minimum atomic E-state index is -0.983. The van der Waals surface area contributed by atoms with Crippen molar-refractivity contribution in [1.29, 1.82) is 0 Å². The lowest BCUT2D eigenvalue weighted by Crippen LogP contribution is -2.29. The van der Waals surface area contributed by atoms with Gasteiger partial charge in [0.25, 0.3) is 0 Å². The highest BCUT2D eigenvalue weighted by atomic mass is 35.5. The summed E-state index contributed by atoms with van der Waals surface area (Å²) in [6, 6.07) is 4.51. The maximum atomic E-state index is 11.0. The molecule has 1 saturated carbocycles. The van der Waals surface area contributed by atoms with Gasteiger partial charge >= 0.3 is 5.97 Å². The van der Waals surface area contributed by atoms with Gasteiger partial charge in [0.1, 0.15) is 12.0 Å². The molecule has 1 aliphatic rings. The second-order valence-electron chi connectivity index (χ2n) is 4.02. The molecule has 1 unspecified atom stereocenters. The van der Waals surface area contributed by atoms with Crippen molar-refractivity contribution in [2.24, 2.45) is 5.92 Å². The number of carboxylic acid groups (broad SMARTS) is 1. The SMILES string of the molecule is O=Cc1ccc(OC(C(=O)O)C2CC2)c(Cl)c1. The zero-order valence-electron chi connectivity index (χ0n) is 8.93. The van der Waals surface area contributed by atoms with Crippen molar-refractivity contribution in [3.8, 4) is 5.75 Å². The van der Waals surface area contributed by atoms with Crippen LogP contribution in [0.3, 0.4) is 0 Å². The number of hydrogen-bond donors (Lipinski definition) is 1. The number of aldehydes is 1. The van der Waals surface area contributed by atoms with Crippen molar-refractivity contribution < 1.29 is 19.4 Å². The molecule has 0 saturated heterocycles. The van der Waals surface area contributed by atoms with Crippen LogP contribution in [0.5, 0.6) is 5.75 Å². The molecule has 0 heterocycles. The van der Waals surface area contributed by atoms with E-state index in [9.17, 15) is 9.59 Å². The van der Waals surface area contributed by atoms with Gasteiger partial charge < -0.3 is 9.84 Å².